The summed E-state index contributed by atoms with van der Waals surface area (Å²) in [5.74, 6) is -0.213. The molecule has 2 saturated heterocycles. The molecule has 1 aromatic heterocycles. The fraction of sp³-hybridized carbons (Fsp3) is 0.381. The lowest BCUT2D eigenvalue weighted by atomic mass is 10.1. The van der Waals surface area contributed by atoms with Crippen LogP contribution in [-0.4, -0.2) is 45.3 Å². The van der Waals surface area contributed by atoms with E-state index in [9.17, 15) is 9.59 Å². The van der Waals surface area contributed by atoms with Gasteiger partial charge >= 0.3 is 0 Å². The minimum absolute atomic E-state index is 0.199. The summed E-state index contributed by atoms with van der Waals surface area (Å²) in [5.41, 5.74) is 1.92. The molecule has 0 unspecified atom stereocenters. The lowest BCUT2D eigenvalue weighted by Crippen LogP contribution is -2.42. The normalized spacial score (nSPS) is 19.7. The lowest BCUT2D eigenvalue weighted by Gasteiger charge is -2.29. The molecule has 1 aromatic carbocycles. The van der Waals surface area contributed by atoms with Crippen LogP contribution in [0.4, 0.5) is 4.79 Å². The molecule has 2 aromatic rings. The van der Waals surface area contributed by atoms with Gasteiger partial charge in [-0.2, -0.15) is 5.26 Å². The fourth-order valence-corrected chi connectivity index (χ4v) is 4.63. The van der Waals surface area contributed by atoms with Crippen LogP contribution in [0.2, 0.25) is 0 Å². The van der Waals surface area contributed by atoms with Crippen molar-refractivity contribution in [3.05, 3.63) is 40.9 Å². The Bertz CT molecular complexity index is 982. The van der Waals surface area contributed by atoms with Gasteiger partial charge in [0, 0.05) is 29.2 Å². The largest absolute Gasteiger partial charge is 0.346 e. The monoisotopic (exact) mass is 394 g/mol. The SMILES string of the molecule is N#CCCn1cc(/C=C2/SC(=O)N(CN3CCCCC3)C2=O)c2ccccc21. The van der Waals surface area contributed by atoms with E-state index in [1.54, 1.807) is 0 Å². The third-order valence-corrected chi connectivity index (χ3v) is 6.14. The predicted molar refractivity (Wildman–Crippen MR) is 110 cm³/mol. The number of para-hydroxylation sites is 1. The molecule has 28 heavy (non-hydrogen) atoms. The van der Waals surface area contributed by atoms with Gasteiger partial charge in [-0.05, 0) is 49.8 Å². The summed E-state index contributed by atoms with van der Waals surface area (Å²) < 4.78 is 2.03. The van der Waals surface area contributed by atoms with Gasteiger partial charge in [-0.15, -0.1) is 0 Å². The van der Waals surface area contributed by atoms with Crippen LogP contribution < -0.4 is 0 Å². The van der Waals surface area contributed by atoms with Crippen LogP contribution >= 0.6 is 11.8 Å². The minimum Gasteiger partial charge on any atom is -0.346 e. The average molecular weight is 395 g/mol. The molecule has 0 aliphatic carbocycles. The maximum Gasteiger partial charge on any atom is 0.294 e. The number of piperidine rings is 1. The van der Waals surface area contributed by atoms with Crippen LogP contribution in [0.3, 0.4) is 0 Å². The van der Waals surface area contributed by atoms with Gasteiger partial charge in [-0.25, -0.2) is 0 Å². The highest BCUT2D eigenvalue weighted by atomic mass is 32.2. The first kappa shape index (κ1) is 18.8. The van der Waals surface area contributed by atoms with Crippen molar-refractivity contribution < 1.29 is 9.59 Å². The Morgan fingerprint density at radius 2 is 1.93 bits per heavy atom. The van der Waals surface area contributed by atoms with Gasteiger partial charge in [0.1, 0.15) is 0 Å². The number of likely N-dealkylation sites (tertiary alicyclic amines) is 1. The van der Waals surface area contributed by atoms with E-state index in [0.717, 1.165) is 54.2 Å². The second-order valence-electron chi connectivity index (χ2n) is 7.13. The smallest absolute Gasteiger partial charge is 0.294 e. The summed E-state index contributed by atoms with van der Waals surface area (Å²) in [7, 11) is 0. The molecule has 2 fully saturated rings. The number of hydrogen-bond acceptors (Lipinski definition) is 5. The van der Waals surface area contributed by atoms with E-state index in [4.69, 9.17) is 5.26 Å². The number of hydrogen-bond donors (Lipinski definition) is 0. The Morgan fingerprint density at radius 3 is 2.71 bits per heavy atom. The number of nitriles is 1. The van der Waals surface area contributed by atoms with E-state index in [1.807, 2.05) is 41.1 Å². The Kier molecular flexibility index (Phi) is 5.51. The zero-order valence-electron chi connectivity index (χ0n) is 15.6. The van der Waals surface area contributed by atoms with Gasteiger partial charge in [0.2, 0.25) is 0 Å². The van der Waals surface area contributed by atoms with Gasteiger partial charge in [-0.3, -0.25) is 19.4 Å². The number of benzene rings is 1. The Balaban J connectivity index is 1.59. The molecular formula is C21H22N4O2S. The number of nitrogens with zero attached hydrogens (tertiary/aromatic N) is 4. The maximum atomic E-state index is 12.8. The summed E-state index contributed by atoms with van der Waals surface area (Å²) in [6.45, 7) is 2.85. The molecule has 3 heterocycles. The average Bonchev–Trinajstić information content (AvgIpc) is 3.20. The van der Waals surface area contributed by atoms with E-state index < -0.39 is 0 Å². The summed E-state index contributed by atoms with van der Waals surface area (Å²) in [6, 6.07) is 10.1. The van der Waals surface area contributed by atoms with Crippen molar-refractivity contribution in [2.75, 3.05) is 19.8 Å². The zero-order valence-corrected chi connectivity index (χ0v) is 16.5. The molecule has 144 valence electrons. The van der Waals surface area contributed by atoms with Crippen molar-refractivity contribution in [2.45, 2.75) is 32.2 Å². The molecule has 2 aliphatic rings. The second-order valence-corrected chi connectivity index (χ2v) is 8.13. The van der Waals surface area contributed by atoms with Gasteiger partial charge < -0.3 is 4.57 Å². The number of aromatic nitrogens is 1. The number of rotatable bonds is 5. The molecular weight excluding hydrogens is 372 g/mol. The third kappa shape index (κ3) is 3.71. The summed E-state index contributed by atoms with van der Waals surface area (Å²) >= 11 is 1.01. The van der Waals surface area contributed by atoms with E-state index in [1.165, 1.54) is 11.3 Å². The number of amides is 2. The van der Waals surface area contributed by atoms with Gasteiger partial charge in [0.05, 0.1) is 24.1 Å². The van der Waals surface area contributed by atoms with Crippen LogP contribution in [0.25, 0.3) is 17.0 Å². The highest BCUT2D eigenvalue weighted by Gasteiger charge is 2.36. The van der Waals surface area contributed by atoms with Crippen molar-refractivity contribution in [2.24, 2.45) is 0 Å². The molecule has 0 atom stereocenters. The number of imide groups is 1. The Morgan fingerprint density at radius 1 is 1.14 bits per heavy atom. The molecule has 0 spiro atoms. The fourth-order valence-electron chi connectivity index (χ4n) is 3.81. The number of carbonyl (C=O) groups is 2. The van der Waals surface area contributed by atoms with Crippen molar-refractivity contribution >= 4 is 39.9 Å². The van der Waals surface area contributed by atoms with Crippen LogP contribution in [0.15, 0.2) is 35.4 Å². The number of fused-ring (bicyclic) bond motifs is 1. The molecule has 0 radical (unpaired) electrons. The second kappa shape index (κ2) is 8.21. The number of thioether (sulfide) groups is 1. The predicted octanol–water partition coefficient (Wildman–Crippen LogP) is 4.03. The third-order valence-electron chi connectivity index (χ3n) is 5.23. The topological polar surface area (TPSA) is 69.3 Å². The van der Waals surface area contributed by atoms with Crippen LogP contribution in [0.5, 0.6) is 0 Å². The van der Waals surface area contributed by atoms with Crippen LogP contribution in [0.1, 0.15) is 31.2 Å². The number of carbonyl (C=O) groups excluding carboxylic acids is 2. The molecule has 6 nitrogen and oxygen atoms in total. The van der Waals surface area contributed by atoms with Crippen molar-refractivity contribution in [1.29, 1.82) is 5.26 Å². The summed E-state index contributed by atoms with van der Waals surface area (Å²) in [5, 5.41) is 9.71. The van der Waals surface area contributed by atoms with Crippen molar-refractivity contribution in [3.8, 4) is 6.07 Å². The Hall–Kier alpha value is -2.56. The van der Waals surface area contributed by atoms with E-state index in [0.29, 0.717) is 24.5 Å². The van der Waals surface area contributed by atoms with Crippen LogP contribution in [-0.2, 0) is 11.3 Å². The molecule has 0 bridgehead atoms. The van der Waals surface area contributed by atoms with Gasteiger partial charge in [0.25, 0.3) is 11.1 Å². The summed E-state index contributed by atoms with van der Waals surface area (Å²) in [4.78, 5) is 29.3. The van der Waals surface area contributed by atoms with Gasteiger partial charge in [0.15, 0.2) is 0 Å². The molecule has 2 aliphatic heterocycles. The minimum atomic E-state index is -0.213. The molecule has 7 heteroatoms. The highest BCUT2D eigenvalue weighted by molar-refractivity contribution is 8.18. The molecule has 0 saturated carbocycles. The van der Waals surface area contributed by atoms with Crippen LogP contribution in [0, 0.1) is 11.3 Å². The van der Waals surface area contributed by atoms with Crippen molar-refractivity contribution in [1.82, 2.24) is 14.4 Å². The number of aryl methyl sites for hydroxylation is 1. The molecule has 2 amide bonds. The van der Waals surface area contributed by atoms with E-state index in [-0.39, 0.29) is 11.1 Å². The zero-order chi connectivity index (χ0) is 19.5. The highest BCUT2D eigenvalue weighted by Crippen LogP contribution is 2.34. The standard InChI is InChI=1S/C21H22N4O2S/c22-9-6-12-24-14-16(17-7-2-3-8-18(17)24)13-19-20(26)25(21(27)28-19)15-23-10-4-1-5-11-23/h2-3,7-8,13-14H,1,4-6,10-12,15H2/b19-13+. The molecule has 4 rings (SSSR count). The lowest BCUT2D eigenvalue weighted by molar-refractivity contribution is -0.124. The Labute approximate surface area is 168 Å². The van der Waals surface area contributed by atoms with Crippen molar-refractivity contribution in [3.63, 3.8) is 0 Å². The first-order chi connectivity index (χ1) is 13.7. The first-order valence-electron chi connectivity index (χ1n) is 9.60. The maximum absolute atomic E-state index is 12.8. The quantitative estimate of drug-likeness (QED) is 0.716. The summed E-state index contributed by atoms with van der Waals surface area (Å²) in [6.07, 6.45) is 7.65. The van der Waals surface area contributed by atoms with Gasteiger partial charge in [-0.1, -0.05) is 24.6 Å². The van der Waals surface area contributed by atoms with E-state index in [2.05, 4.69) is 11.0 Å². The first-order valence-corrected chi connectivity index (χ1v) is 10.4. The van der Waals surface area contributed by atoms with E-state index >= 15 is 0 Å². The molecule has 0 N–H and O–H groups in total.